The summed E-state index contributed by atoms with van der Waals surface area (Å²) in [6, 6.07) is 4.46. The van der Waals surface area contributed by atoms with Crippen LogP contribution >= 0.6 is 11.6 Å². The van der Waals surface area contributed by atoms with Gasteiger partial charge in [-0.3, -0.25) is 4.79 Å². The van der Waals surface area contributed by atoms with Gasteiger partial charge in [0.1, 0.15) is 5.82 Å². The van der Waals surface area contributed by atoms with Gasteiger partial charge in [-0.25, -0.2) is 4.39 Å². The molecular weight excluding hydrogens is 291 g/mol. The van der Waals surface area contributed by atoms with Crippen LogP contribution in [-0.4, -0.2) is 36.5 Å². The van der Waals surface area contributed by atoms with Crippen LogP contribution in [0.4, 0.5) is 4.39 Å². The Balaban J connectivity index is 1.74. The normalized spacial score (nSPS) is 19.5. The molecule has 0 bridgehead atoms. The molecule has 0 spiro atoms. The smallest absolute Gasteiger partial charge is 0.252 e. The van der Waals surface area contributed by atoms with Gasteiger partial charge in [0, 0.05) is 19.1 Å². The lowest BCUT2D eigenvalue weighted by atomic mass is 10.0. The van der Waals surface area contributed by atoms with E-state index in [2.05, 4.69) is 17.1 Å². The minimum Gasteiger partial charge on any atom is -0.352 e. The molecule has 5 heteroatoms. The van der Waals surface area contributed by atoms with E-state index in [0.717, 1.165) is 25.6 Å². The molecule has 1 unspecified atom stereocenters. The summed E-state index contributed by atoms with van der Waals surface area (Å²) in [5, 5.41) is 2.99. The Morgan fingerprint density at radius 3 is 3.00 bits per heavy atom. The van der Waals surface area contributed by atoms with Crippen LogP contribution in [0.2, 0.25) is 5.02 Å². The lowest BCUT2D eigenvalue weighted by molar-refractivity contribution is 0.0949. The third-order valence-corrected chi connectivity index (χ3v) is 4.34. The van der Waals surface area contributed by atoms with Crippen molar-refractivity contribution in [2.75, 3.05) is 19.6 Å². The Labute approximate surface area is 130 Å². The zero-order chi connectivity index (χ0) is 15.2. The van der Waals surface area contributed by atoms with Crippen molar-refractivity contribution in [2.45, 2.75) is 38.6 Å². The van der Waals surface area contributed by atoms with Crippen LogP contribution < -0.4 is 5.32 Å². The number of rotatable bonds is 5. The summed E-state index contributed by atoms with van der Waals surface area (Å²) < 4.78 is 12.9. The van der Waals surface area contributed by atoms with Gasteiger partial charge in [-0.2, -0.15) is 0 Å². The standard InChI is InChI=1S/C16H22ClFN2O/c1-12-5-2-3-9-20(12)10-4-8-19-16(21)14-7-6-13(18)11-15(14)17/h6-7,11-12H,2-5,8-10H2,1H3,(H,19,21). The van der Waals surface area contributed by atoms with Gasteiger partial charge in [0.25, 0.3) is 5.91 Å². The Morgan fingerprint density at radius 1 is 1.48 bits per heavy atom. The highest BCUT2D eigenvalue weighted by molar-refractivity contribution is 6.33. The van der Waals surface area contributed by atoms with Crippen LogP contribution in [0.3, 0.4) is 0 Å². The molecule has 1 amide bonds. The highest BCUT2D eigenvalue weighted by Crippen LogP contribution is 2.17. The van der Waals surface area contributed by atoms with Gasteiger partial charge < -0.3 is 10.2 Å². The van der Waals surface area contributed by atoms with Crippen LogP contribution in [0.15, 0.2) is 18.2 Å². The van der Waals surface area contributed by atoms with E-state index in [1.54, 1.807) is 0 Å². The molecule has 1 atom stereocenters. The van der Waals surface area contributed by atoms with Crippen LogP contribution in [0.1, 0.15) is 43.0 Å². The molecule has 1 heterocycles. The Bertz CT molecular complexity index is 495. The van der Waals surface area contributed by atoms with E-state index in [9.17, 15) is 9.18 Å². The van der Waals surface area contributed by atoms with E-state index < -0.39 is 5.82 Å². The van der Waals surface area contributed by atoms with Gasteiger partial charge >= 0.3 is 0 Å². The Hall–Kier alpha value is -1.13. The predicted molar refractivity (Wildman–Crippen MR) is 83.2 cm³/mol. The zero-order valence-corrected chi connectivity index (χ0v) is 13.1. The second-order valence-electron chi connectivity index (χ2n) is 5.61. The zero-order valence-electron chi connectivity index (χ0n) is 12.4. The summed E-state index contributed by atoms with van der Waals surface area (Å²) in [6.45, 7) is 5.02. The van der Waals surface area contributed by atoms with E-state index in [-0.39, 0.29) is 10.9 Å². The third kappa shape index (κ3) is 4.68. The van der Waals surface area contributed by atoms with E-state index in [1.807, 2.05) is 0 Å². The first-order valence-corrected chi connectivity index (χ1v) is 7.93. The molecule has 0 saturated carbocycles. The van der Waals surface area contributed by atoms with E-state index in [1.165, 1.54) is 31.4 Å². The number of carbonyl (C=O) groups is 1. The van der Waals surface area contributed by atoms with E-state index in [0.29, 0.717) is 18.2 Å². The molecule has 1 N–H and O–H groups in total. The van der Waals surface area contributed by atoms with Crippen molar-refractivity contribution >= 4 is 17.5 Å². The molecule has 0 aromatic heterocycles. The molecule has 1 aromatic rings. The van der Waals surface area contributed by atoms with Crippen molar-refractivity contribution < 1.29 is 9.18 Å². The molecule has 1 aromatic carbocycles. The lowest BCUT2D eigenvalue weighted by Crippen LogP contribution is -2.39. The highest BCUT2D eigenvalue weighted by atomic mass is 35.5. The topological polar surface area (TPSA) is 32.3 Å². The second kappa shape index (κ2) is 7.76. The van der Waals surface area contributed by atoms with Crippen molar-refractivity contribution in [3.05, 3.63) is 34.6 Å². The average molecular weight is 313 g/mol. The molecular formula is C16H22ClFN2O. The summed E-state index contributed by atoms with van der Waals surface area (Å²) in [5.41, 5.74) is 0.324. The maximum Gasteiger partial charge on any atom is 0.252 e. The summed E-state index contributed by atoms with van der Waals surface area (Å²) >= 11 is 5.87. The van der Waals surface area contributed by atoms with Gasteiger partial charge in [0.05, 0.1) is 10.6 Å². The van der Waals surface area contributed by atoms with Crippen LogP contribution in [0, 0.1) is 5.82 Å². The first kappa shape index (κ1) is 16.2. The lowest BCUT2D eigenvalue weighted by Gasteiger charge is -2.33. The van der Waals surface area contributed by atoms with Gasteiger partial charge in [0.2, 0.25) is 0 Å². The monoisotopic (exact) mass is 312 g/mol. The summed E-state index contributed by atoms with van der Waals surface area (Å²) in [7, 11) is 0. The van der Waals surface area contributed by atoms with Crippen LogP contribution in [0.5, 0.6) is 0 Å². The number of carbonyl (C=O) groups excluding carboxylic acids is 1. The molecule has 1 aliphatic rings. The van der Waals surface area contributed by atoms with E-state index in [4.69, 9.17) is 11.6 Å². The molecule has 3 nitrogen and oxygen atoms in total. The largest absolute Gasteiger partial charge is 0.352 e. The fourth-order valence-electron chi connectivity index (χ4n) is 2.74. The third-order valence-electron chi connectivity index (χ3n) is 4.02. The maximum absolute atomic E-state index is 12.9. The van der Waals surface area contributed by atoms with Crippen molar-refractivity contribution in [1.29, 1.82) is 0 Å². The molecule has 0 radical (unpaired) electrons. The van der Waals surface area contributed by atoms with Gasteiger partial charge in [-0.1, -0.05) is 18.0 Å². The predicted octanol–water partition coefficient (Wildman–Crippen LogP) is 3.47. The fourth-order valence-corrected chi connectivity index (χ4v) is 3.00. The van der Waals surface area contributed by atoms with Crippen molar-refractivity contribution in [1.82, 2.24) is 10.2 Å². The Morgan fingerprint density at radius 2 is 2.29 bits per heavy atom. The first-order valence-electron chi connectivity index (χ1n) is 7.55. The Kier molecular flexibility index (Phi) is 6.00. The van der Waals surface area contributed by atoms with E-state index >= 15 is 0 Å². The minimum absolute atomic E-state index is 0.150. The average Bonchev–Trinajstić information content (AvgIpc) is 2.45. The minimum atomic E-state index is -0.435. The van der Waals surface area contributed by atoms with Gasteiger partial charge in [-0.05, 0) is 50.9 Å². The summed E-state index contributed by atoms with van der Waals surface area (Å²) in [4.78, 5) is 14.4. The molecule has 1 fully saturated rings. The van der Waals surface area contributed by atoms with Crippen LogP contribution in [-0.2, 0) is 0 Å². The number of benzene rings is 1. The SMILES string of the molecule is CC1CCCCN1CCCNC(=O)c1ccc(F)cc1Cl. The fraction of sp³-hybridized carbons (Fsp3) is 0.562. The highest BCUT2D eigenvalue weighted by Gasteiger charge is 2.17. The number of amides is 1. The number of hydrogen-bond donors (Lipinski definition) is 1. The molecule has 21 heavy (non-hydrogen) atoms. The number of halogens is 2. The number of nitrogens with one attached hydrogen (secondary N) is 1. The number of nitrogens with zero attached hydrogens (tertiary/aromatic N) is 1. The van der Waals surface area contributed by atoms with Gasteiger partial charge in [-0.15, -0.1) is 0 Å². The van der Waals surface area contributed by atoms with Gasteiger partial charge in [0.15, 0.2) is 0 Å². The van der Waals surface area contributed by atoms with Crippen molar-refractivity contribution in [3.63, 3.8) is 0 Å². The maximum atomic E-state index is 12.9. The molecule has 1 aliphatic heterocycles. The molecule has 2 rings (SSSR count). The summed E-state index contributed by atoms with van der Waals surface area (Å²) in [5.74, 6) is -0.678. The number of likely N-dealkylation sites (tertiary alicyclic amines) is 1. The quantitative estimate of drug-likeness (QED) is 0.844. The first-order chi connectivity index (χ1) is 10.1. The molecule has 1 saturated heterocycles. The molecule has 0 aliphatic carbocycles. The number of piperidine rings is 1. The van der Waals surface area contributed by atoms with Crippen molar-refractivity contribution in [2.24, 2.45) is 0 Å². The summed E-state index contributed by atoms with van der Waals surface area (Å²) in [6.07, 6.45) is 4.76. The second-order valence-corrected chi connectivity index (χ2v) is 6.02. The molecule has 116 valence electrons. The van der Waals surface area contributed by atoms with Crippen molar-refractivity contribution in [3.8, 4) is 0 Å². The number of hydrogen-bond acceptors (Lipinski definition) is 2. The van der Waals surface area contributed by atoms with Crippen LogP contribution in [0.25, 0.3) is 0 Å².